The number of rotatable bonds is 2. The first-order chi connectivity index (χ1) is 8.34. The summed E-state index contributed by atoms with van der Waals surface area (Å²) in [5.74, 6) is 0.506. The van der Waals surface area contributed by atoms with Crippen LogP contribution in [0.4, 0.5) is 0 Å². The SMILES string of the molecule is O=c1n(CC2CCOCC2)nc2ccccn12. The number of ether oxygens (including phenoxy) is 1. The van der Waals surface area contributed by atoms with E-state index in [2.05, 4.69) is 5.10 Å². The Kier molecular flexibility index (Phi) is 2.68. The van der Waals surface area contributed by atoms with Gasteiger partial charge in [0.05, 0.1) is 0 Å². The summed E-state index contributed by atoms with van der Waals surface area (Å²) in [6, 6.07) is 5.58. The van der Waals surface area contributed by atoms with Gasteiger partial charge in [-0.3, -0.25) is 4.40 Å². The Hall–Kier alpha value is -1.62. The molecule has 0 N–H and O–H groups in total. The van der Waals surface area contributed by atoms with Gasteiger partial charge in [-0.15, -0.1) is 5.10 Å². The predicted molar refractivity (Wildman–Crippen MR) is 63.0 cm³/mol. The molecule has 5 heteroatoms. The lowest BCUT2D eigenvalue weighted by molar-refractivity contribution is 0.0598. The van der Waals surface area contributed by atoms with Crippen molar-refractivity contribution < 1.29 is 4.74 Å². The summed E-state index contributed by atoms with van der Waals surface area (Å²) >= 11 is 0. The van der Waals surface area contributed by atoms with Crippen molar-refractivity contribution in [2.45, 2.75) is 19.4 Å². The number of nitrogens with zero attached hydrogens (tertiary/aromatic N) is 3. The molecule has 0 saturated carbocycles. The van der Waals surface area contributed by atoms with E-state index in [-0.39, 0.29) is 5.69 Å². The molecule has 1 saturated heterocycles. The van der Waals surface area contributed by atoms with Crippen molar-refractivity contribution in [3.05, 3.63) is 34.9 Å². The summed E-state index contributed by atoms with van der Waals surface area (Å²) in [6.07, 6.45) is 3.78. The number of pyridine rings is 1. The highest BCUT2D eigenvalue weighted by molar-refractivity contribution is 5.35. The van der Waals surface area contributed by atoms with E-state index in [0.29, 0.717) is 18.1 Å². The van der Waals surface area contributed by atoms with E-state index in [0.717, 1.165) is 26.1 Å². The molecule has 3 heterocycles. The topological polar surface area (TPSA) is 48.5 Å². The Labute approximate surface area is 98.6 Å². The summed E-state index contributed by atoms with van der Waals surface area (Å²) in [5, 5.41) is 4.33. The Balaban J connectivity index is 1.89. The first-order valence-corrected chi connectivity index (χ1v) is 5.96. The third-order valence-electron chi connectivity index (χ3n) is 3.26. The molecule has 2 aromatic rings. The molecule has 1 aliphatic rings. The molecule has 0 unspecified atom stereocenters. The van der Waals surface area contributed by atoms with Crippen LogP contribution in [0, 0.1) is 5.92 Å². The van der Waals surface area contributed by atoms with Gasteiger partial charge in [-0.1, -0.05) is 6.07 Å². The smallest absolute Gasteiger partial charge is 0.350 e. The zero-order chi connectivity index (χ0) is 11.7. The van der Waals surface area contributed by atoms with Crippen molar-refractivity contribution in [2.24, 2.45) is 5.92 Å². The molecule has 0 aliphatic carbocycles. The van der Waals surface area contributed by atoms with Crippen LogP contribution in [0.1, 0.15) is 12.8 Å². The molecule has 0 spiro atoms. The molecule has 17 heavy (non-hydrogen) atoms. The molecule has 0 amide bonds. The fourth-order valence-corrected chi connectivity index (χ4v) is 2.26. The van der Waals surface area contributed by atoms with Crippen molar-refractivity contribution in [3.63, 3.8) is 0 Å². The third-order valence-corrected chi connectivity index (χ3v) is 3.26. The van der Waals surface area contributed by atoms with E-state index < -0.39 is 0 Å². The molecular formula is C12H15N3O2. The maximum atomic E-state index is 12.0. The third kappa shape index (κ3) is 1.98. The largest absolute Gasteiger partial charge is 0.381 e. The normalized spacial score (nSPS) is 17.6. The van der Waals surface area contributed by atoms with Gasteiger partial charge in [0.1, 0.15) is 0 Å². The highest BCUT2D eigenvalue weighted by Crippen LogP contribution is 2.15. The van der Waals surface area contributed by atoms with E-state index in [1.54, 1.807) is 15.3 Å². The zero-order valence-electron chi connectivity index (χ0n) is 9.58. The average Bonchev–Trinajstić information content (AvgIpc) is 2.68. The lowest BCUT2D eigenvalue weighted by Gasteiger charge is -2.21. The van der Waals surface area contributed by atoms with Crippen LogP contribution in [0.25, 0.3) is 5.65 Å². The van der Waals surface area contributed by atoms with Crippen molar-refractivity contribution in [3.8, 4) is 0 Å². The van der Waals surface area contributed by atoms with Crippen LogP contribution in [0.2, 0.25) is 0 Å². The van der Waals surface area contributed by atoms with Gasteiger partial charge < -0.3 is 4.74 Å². The first-order valence-electron chi connectivity index (χ1n) is 5.96. The van der Waals surface area contributed by atoms with E-state index in [9.17, 15) is 4.79 Å². The summed E-state index contributed by atoms with van der Waals surface area (Å²) < 4.78 is 8.47. The van der Waals surface area contributed by atoms with Gasteiger partial charge in [-0.05, 0) is 30.9 Å². The van der Waals surface area contributed by atoms with Gasteiger partial charge in [0.25, 0.3) is 0 Å². The molecule has 3 rings (SSSR count). The second-order valence-corrected chi connectivity index (χ2v) is 4.45. The van der Waals surface area contributed by atoms with Gasteiger partial charge in [0, 0.05) is 26.0 Å². The summed E-state index contributed by atoms with van der Waals surface area (Å²) in [6.45, 7) is 2.30. The minimum absolute atomic E-state index is 0.0490. The van der Waals surface area contributed by atoms with Gasteiger partial charge >= 0.3 is 5.69 Å². The van der Waals surface area contributed by atoms with Crippen molar-refractivity contribution in [2.75, 3.05) is 13.2 Å². The molecule has 1 aliphatic heterocycles. The molecule has 5 nitrogen and oxygen atoms in total. The van der Waals surface area contributed by atoms with Gasteiger partial charge in [0.2, 0.25) is 0 Å². The lowest BCUT2D eigenvalue weighted by atomic mass is 10.0. The monoisotopic (exact) mass is 233 g/mol. The van der Waals surface area contributed by atoms with Gasteiger partial charge in [-0.2, -0.15) is 0 Å². The van der Waals surface area contributed by atoms with Crippen LogP contribution in [0.15, 0.2) is 29.2 Å². The Bertz CT molecular complexity index is 566. The minimum atomic E-state index is -0.0490. The quantitative estimate of drug-likeness (QED) is 0.775. The zero-order valence-corrected chi connectivity index (χ0v) is 9.58. The van der Waals surface area contributed by atoms with Crippen molar-refractivity contribution >= 4 is 5.65 Å². The highest BCUT2D eigenvalue weighted by Gasteiger charge is 2.16. The second-order valence-electron chi connectivity index (χ2n) is 4.45. The molecule has 90 valence electrons. The van der Waals surface area contributed by atoms with Crippen LogP contribution in [-0.2, 0) is 11.3 Å². The average molecular weight is 233 g/mol. The fraction of sp³-hybridized carbons (Fsp3) is 0.500. The molecule has 0 bridgehead atoms. The van der Waals surface area contributed by atoms with Crippen LogP contribution < -0.4 is 5.69 Å². The molecular weight excluding hydrogens is 218 g/mol. The van der Waals surface area contributed by atoms with E-state index in [1.165, 1.54) is 0 Å². The van der Waals surface area contributed by atoms with Crippen LogP contribution in [-0.4, -0.2) is 27.4 Å². The second kappa shape index (κ2) is 4.33. The standard InChI is InChI=1S/C12H15N3O2/c16-12-14-6-2-1-3-11(14)13-15(12)9-10-4-7-17-8-5-10/h1-3,6,10H,4-5,7-9H2. The van der Waals surface area contributed by atoms with Crippen molar-refractivity contribution in [1.29, 1.82) is 0 Å². The van der Waals surface area contributed by atoms with Gasteiger partial charge in [0.15, 0.2) is 5.65 Å². The lowest BCUT2D eigenvalue weighted by Crippen LogP contribution is -2.27. The molecule has 2 aromatic heterocycles. The molecule has 0 aromatic carbocycles. The first kappa shape index (κ1) is 10.5. The van der Waals surface area contributed by atoms with Crippen LogP contribution in [0.5, 0.6) is 0 Å². The summed E-state index contributed by atoms with van der Waals surface area (Å²) in [4.78, 5) is 12.0. The predicted octanol–water partition coefficient (Wildman–Crippen LogP) is 0.923. The molecule has 0 atom stereocenters. The number of hydrogen-bond acceptors (Lipinski definition) is 3. The Morgan fingerprint density at radius 2 is 2.18 bits per heavy atom. The van der Waals surface area contributed by atoms with Crippen LogP contribution >= 0.6 is 0 Å². The minimum Gasteiger partial charge on any atom is -0.381 e. The number of hydrogen-bond donors (Lipinski definition) is 0. The van der Waals surface area contributed by atoms with E-state index in [1.807, 2.05) is 18.2 Å². The number of aromatic nitrogens is 3. The highest BCUT2D eigenvalue weighted by atomic mass is 16.5. The summed E-state index contributed by atoms with van der Waals surface area (Å²) in [7, 11) is 0. The Morgan fingerprint density at radius 1 is 1.35 bits per heavy atom. The maximum absolute atomic E-state index is 12.0. The maximum Gasteiger partial charge on any atom is 0.350 e. The Morgan fingerprint density at radius 3 is 2.94 bits per heavy atom. The van der Waals surface area contributed by atoms with Gasteiger partial charge in [-0.25, -0.2) is 9.48 Å². The number of fused-ring (bicyclic) bond motifs is 1. The van der Waals surface area contributed by atoms with Crippen molar-refractivity contribution in [1.82, 2.24) is 14.2 Å². The van der Waals surface area contributed by atoms with E-state index >= 15 is 0 Å². The fourth-order valence-electron chi connectivity index (χ4n) is 2.26. The summed E-state index contributed by atoms with van der Waals surface area (Å²) in [5.41, 5.74) is 0.664. The molecule has 0 radical (unpaired) electrons. The van der Waals surface area contributed by atoms with E-state index in [4.69, 9.17) is 4.74 Å². The van der Waals surface area contributed by atoms with Crippen LogP contribution in [0.3, 0.4) is 0 Å². The molecule has 1 fully saturated rings.